The number of rotatable bonds is 8. The van der Waals surface area contributed by atoms with E-state index in [0.717, 1.165) is 66.4 Å². The number of hydrogen-bond acceptors (Lipinski definition) is 8. The lowest BCUT2D eigenvalue weighted by Crippen LogP contribution is -2.35. The standard InChI is InChI=1S/C37H46N6O3/c1-4-25-5-7-26(8-6-25)27-19-24(2)34(38-21-27)33-20-28-22-39-37(41-35(28)43(36(33)44)30-15-18-45-23-30)40-29-9-11-31(12-10-29)46-32-13-16-42(3)17-14-32/h9-12,19-22,25-26,30,32H,4-8,13-18,23H2,1-3H3,(H,39,40,41). The van der Waals surface area contributed by atoms with Gasteiger partial charge >= 0.3 is 0 Å². The summed E-state index contributed by atoms with van der Waals surface area (Å²) in [6.07, 6.45) is 13.2. The summed E-state index contributed by atoms with van der Waals surface area (Å²) in [5.41, 5.74) is 5.01. The molecule has 1 atom stereocenters. The molecular formula is C37H46N6O3. The molecule has 5 heterocycles. The predicted molar refractivity (Wildman–Crippen MR) is 182 cm³/mol. The molecule has 9 heteroatoms. The molecule has 3 aliphatic rings. The van der Waals surface area contributed by atoms with Gasteiger partial charge in [0.25, 0.3) is 5.56 Å². The van der Waals surface area contributed by atoms with Crippen LogP contribution < -0.4 is 15.6 Å². The van der Waals surface area contributed by atoms with Crippen molar-refractivity contribution < 1.29 is 9.47 Å². The van der Waals surface area contributed by atoms with Crippen LogP contribution in [0.5, 0.6) is 5.75 Å². The lowest BCUT2D eigenvalue weighted by Gasteiger charge is -2.29. The van der Waals surface area contributed by atoms with Gasteiger partial charge in [-0.1, -0.05) is 19.4 Å². The summed E-state index contributed by atoms with van der Waals surface area (Å²) in [7, 11) is 2.15. The van der Waals surface area contributed by atoms with Crippen LogP contribution in [0.3, 0.4) is 0 Å². The van der Waals surface area contributed by atoms with E-state index in [1.165, 1.54) is 37.7 Å². The van der Waals surface area contributed by atoms with Crippen LogP contribution in [0.15, 0.2) is 53.6 Å². The summed E-state index contributed by atoms with van der Waals surface area (Å²) in [5, 5.41) is 4.13. The average molecular weight is 623 g/mol. The van der Waals surface area contributed by atoms with Crippen molar-refractivity contribution in [3.05, 3.63) is 70.3 Å². The summed E-state index contributed by atoms with van der Waals surface area (Å²) in [6.45, 7) is 7.60. The van der Waals surface area contributed by atoms with Crippen molar-refractivity contribution in [2.45, 2.75) is 83.3 Å². The second-order valence-electron chi connectivity index (χ2n) is 13.6. The van der Waals surface area contributed by atoms with E-state index < -0.39 is 0 Å². The fourth-order valence-corrected chi connectivity index (χ4v) is 7.46. The smallest absolute Gasteiger partial charge is 0.262 e. The molecule has 0 amide bonds. The van der Waals surface area contributed by atoms with E-state index in [1.807, 2.05) is 41.1 Å². The zero-order valence-corrected chi connectivity index (χ0v) is 27.4. The van der Waals surface area contributed by atoms with E-state index >= 15 is 0 Å². The van der Waals surface area contributed by atoms with Crippen LogP contribution >= 0.6 is 0 Å². The average Bonchev–Trinajstić information content (AvgIpc) is 3.61. The Kier molecular flexibility index (Phi) is 9.04. The maximum Gasteiger partial charge on any atom is 0.262 e. The van der Waals surface area contributed by atoms with Crippen molar-refractivity contribution in [3.63, 3.8) is 0 Å². The highest BCUT2D eigenvalue weighted by atomic mass is 16.5. The second-order valence-corrected chi connectivity index (χ2v) is 13.6. The minimum Gasteiger partial charge on any atom is -0.490 e. The van der Waals surface area contributed by atoms with Crippen LogP contribution in [0.2, 0.25) is 0 Å². The van der Waals surface area contributed by atoms with E-state index in [1.54, 1.807) is 6.20 Å². The molecule has 46 heavy (non-hydrogen) atoms. The Balaban J connectivity index is 1.15. The first kappa shape index (κ1) is 30.8. The first-order valence-corrected chi connectivity index (χ1v) is 17.1. The number of nitrogens with one attached hydrogen (secondary N) is 1. The van der Waals surface area contributed by atoms with Gasteiger partial charge in [-0.05, 0) is 112 Å². The van der Waals surface area contributed by atoms with Gasteiger partial charge in [-0.25, -0.2) is 4.98 Å². The molecule has 3 aromatic heterocycles. The molecular weight excluding hydrogens is 576 g/mol. The number of anilines is 2. The number of nitrogens with zero attached hydrogens (tertiary/aromatic N) is 5. The fourth-order valence-electron chi connectivity index (χ4n) is 7.46. The van der Waals surface area contributed by atoms with Crippen molar-refractivity contribution in [2.24, 2.45) is 5.92 Å². The van der Waals surface area contributed by atoms with Crippen LogP contribution in [0.4, 0.5) is 11.6 Å². The minimum absolute atomic E-state index is 0.0881. The molecule has 9 nitrogen and oxygen atoms in total. The van der Waals surface area contributed by atoms with Gasteiger partial charge < -0.3 is 19.7 Å². The van der Waals surface area contributed by atoms with Gasteiger partial charge in [0.15, 0.2) is 0 Å². The molecule has 1 N–H and O–H groups in total. The SMILES string of the molecule is CCC1CCC(c2cnc(-c3cc4cnc(Nc5ccc(OC6CCN(C)CC6)cc5)nc4n(C4CCOC4)c3=O)c(C)c2)CC1. The Bertz CT molecular complexity index is 1720. The maximum absolute atomic E-state index is 14.2. The third-order valence-corrected chi connectivity index (χ3v) is 10.4. The van der Waals surface area contributed by atoms with Gasteiger partial charge in [0.2, 0.25) is 5.95 Å². The van der Waals surface area contributed by atoms with Crippen LogP contribution in [-0.2, 0) is 4.74 Å². The largest absolute Gasteiger partial charge is 0.490 e. The van der Waals surface area contributed by atoms with Crippen LogP contribution in [-0.4, -0.2) is 63.9 Å². The second kappa shape index (κ2) is 13.5. The highest BCUT2D eigenvalue weighted by Gasteiger charge is 2.26. The lowest BCUT2D eigenvalue weighted by molar-refractivity contribution is 0.114. The maximum atomic E-state index is 14.2. The van der Waals surface area contributed by atoms with Gasteiger partial charge in [0, 0.05) is 43.2 Å². The normalized spacial score (nSPS) is 22.7. The topological polar surface area (TPSA) is 94.4 Å². The van der Waals surface area contributed by atoms with Crippen molar-refractivity contribution >= 4 is 22.7 Å². The summed E-state index contributed by atoms with van der Waals surface area (Å²) >= 11 is 0. The Hall–Kier alpha value is -3.82. The Morgan fingerprint density at radius 2 is 1.76 bits per heavy atom. The molecule has 1 saturated carbocycles. The minimum atomic E-state index is -0.0953. The van der Waals surface area contributed by atoms with E-state index in [4.69, 9.17) is 19.4 Å². The van der Waals surface area contributed by atoms with Crippen LogP contribution in [0, 0.1) is 12.8 Å². The van der Waals surface area contributed by atoms with E-state index in [-0.39, 0.29) is 17.7 Å². The van der Waals surface area contributed by atoms with Gasteiger partial charge in [-0.3, -0.25) is 14.3 Å². The van der Waals surface area contributed by atoms with Crippen molar-refractivity contribution in [2.75, 3.05) is 38.7 Å². The quantitative estimate of drug-likeness (QED) is 0.224. The zero-order chi connectivity index (χ0) is 31.6. The van der Waals surface area contributed by atoms with Crippen LogP contribution in [0.1, 0.15) is 81.4 Å². The molecule has 1 aromatic carbocycles. The Morgan fingerprint density at radius 3 is 2.46 bits per heavy atom. The van der Waals surface area contributed by atoms with Crippen molar-refractivity contribution in [1.82, 2.24) is 24.4 Å². The lowest BCUT2D eigenvalue weighted by atomic mass is 9.78. The van der Waals surface area contributed by atoms with Gasteiger partial charge in [-0.2, -0.15) is 4.98 Å². The van der Waals surface area contributed by atoms with Gasteiger partial charge in [0.1, 0.15) is 17.5 Å². The first-order chi connectivity index (χ1) is 22.4. The first-order valence-electron chi connectivity index (χ1n) is 17.1. The van der Waals surface area contributed by atoms with Crippen molar-refractivity contribution in [3.8, 4) is 17.0 Å². The molecule has 242 valence electrons. The number of aryl methyl sites for hydroxylation is 1. The third kappa shape index (κ3) is 6.53. The third-order valence-electron chi connectivity index (χ3n) is 10.4. The molecule has 3 fully saturated rings. The number of pyridine rings is 2. The number of hydrogen-bond donors (Lipinski definition) is 1. The summed E-state index contributed by atoms with van der Waals surface area (Å²) in [5.74, 6) is 2.71. The highest BCUT2D eigenvalue weighted by molar-refractivity contribution is 5.82. The number of fused-ring (bicyclic) bond motifs is 1. The summed E-state index contributed by atoms with van der Waals surface area (Å²) in [4.78, 5) is 31.0. The number of ether oxygens (including phenoxy) is 2. The molecule has 0 radical (unpaired) electrons. The predicted octanol–water partition coefficient (Wildman–Crippen LogP) is 7.02. The molecule has 4 aromatic rings. The van der Waals surface area contributed by atoms with Gasteiger partial charge in [-0.15, -0.1) is 0 Å². The van der Waals surface area contributed by atoms with Crippen LogP contribution in [0.25, 0.3) is 22.3 Å². The molecule has 7 rings (SSSR count). The molecule has 1 unspecified atom stereocenters. The zero-order valence-electron chi connectivity index (χ0n) is 27.4. The monoisotopic (exact) mass is 622 g/mol. The molecule has 1 aliphatic carbocycles. The Labute approximate surface area is 271 Å². The van der Waals surface area contributed by atoms with E-state index in [2.05, 4.69) is 42.2 Å². The van der Waals surface area contributed by atoms with Crippen molar-refractivity contribution in [1.29, 1.82) is 0 Å². The Morgan fingerprint density at radius 1 is 0.978 bits per heavy atom. The molecule has 2 saturated heterocycles. The molecule has 0 bridgehead atoms. The number of piperidine rings is 1. The van der Waals surface area contributed by atoms with Gasteiger partial charge in [0.05, 0.1) is 23.9 Å². The molecule has 0 spiro atoms. The number of aromatic nitrogens is 4. The van der Waals surface area contributed by atoms with E-state index in [0.29, 0.717) is 36.3 Å². The number of likely N-dealkylation sites (tertiary alicyclic amines) is 1. The summed E-state index contributed by atoms with van der Waals surface area (Å²) in [6, 6.07) is 12.0. The highest BCUT2D eigenvalue weighted by Crippen LogP contribution is 2.38. The number of benzene rings is 1. The summed E-state index contributed by atoms with van der Waals surface area (Å²) < 4.78 is 13.8. The molecule has 2 aliphatic heterocycles. The fraction of sp³-hybridized carbons (Fsp3) is 0.514. The van der Waals surface area contributed by atoms with E-state index in [9.17, 15) is 4.79 Å².